The number of halogens is 1. The van der Waals surface area contributed by atoms with Gasteiger partial charge in [0.15, 0.2) is 5.78 Å². The molecule has 0 saturated heterocycles. The second-order valence-electron chi connectivity index (χ2n) is 7.91. The van der Waals surface area contributed by atoms with Gasteiger partial charge in [-0.25, -0.2) is 0 Å². The Balaban J connectivity index is 1.41. The topological polar surface area (TPSA) is 63.6 Å². The molecule has 0 atom stereocenters. The Labute approximate surface area is 207 Å². The lowest BCUT2D eigenvalue weighted by Crippen LogP contribution is -2.01. The second-order valence-corrected chi connectivity index (χ2v) is 9.29. The van der Waals surface area contributed by atoms with E-state index < -0.39 is 5.97 Å². The number of hydrogen-bond donors (Lipinski definition) is 1. The van der Waals surface area contributed by atoms with E-state index in [1.165, 1.54) is 0 Å². The van der Waals surface area contributed by atoms with Crippen molar-refractivity contribution in [1.82, 2.24) is 0 Å². The molecule has 0 bridgehead atoms. The molecule has 6 heteroatoms. The van der Waals surface area contributed by atoms with Crippen molar-refractivity contribution in [2.24, 2.45) is 0 Å². The number of hydrogen-bond acceptors (Lipinski definition) is 4. The molecule has 0 aliphatic rings. The van der Waals surface area contributed by atoms with E-state index in [0.29, 0.717) is 34.1 Å². The standard InChI is InChI=1S/C28H23ClO4S/c29-22-11-6-19(7-12-22)3-1-4-25(30)21-9-13-23(14-10-21)33-26-15-8-20(18-28(31)32)17-24(26)27-5-2-16-34-27/h2,5-17H,1,3-4,18H2,(H,31,32). The van der Waals surface area contributed by atoms with Crippen molar-refractivity contribution in [3.8, 4) is 21.9 Å². The second kappa shape index (κ2) is 11.1. The molecule has 0 fully saturated rings. The Kier molecular flexibility index (Phi) is 7.78. The molecule has 1 heterocycles. The highest BCUT2D eigenvalue weighted by molar-refractivity contribution is 7.13. The highest BCUT2D eigenvalue weighted by atomic mass is 35.5. The van der Waals surface area contributed by atoms with Crippen molar-refractivity contribution in [3.05, 3.63) is 106 Å². The van der Waals surface area contributed by atoms with Gasteiger partial charge in [-0.05, 0) is 83.9 Å². The van der Waals surface area contributed by atoms with Crippen LogP contribution in [-0.4, -0.2) is 16.9 Å². The van der Waals surface area contributed by atoms with Crippen LogP contribution >= 0.6 is 22.9 Å². The molecule has 0 radical (unpaired) electrons. The van der Waals surface area contributed by atoms with Crippen LogP contribution in [0, 0.1) is 0 Å². The summed E-state index contributed by atoms with van der Waals surface area (Å²) in [5.74, 6) is 0.470. The first-order chi connectivity index (χ1) is 16.5. The molecule has 0 unspecified atom stereocenters. The molecule has 0 aliphatic carbocycles. The smallest absolute Gasteiger partial charge is 0.307 e. The molecule has 1 N–H and O–H groups in total. The van der Waals surface area contributed by atoms with Crippen LogP contribution in [0.15, 0.2) is 84.2 Å². The van der Waals surface area contributed by atoms with Crippen molar-refractivity contribution in [3.63, 3.8) is 0 Å². The van der Waals surface area contributed by atoms with Gasteiger partial charge in [0.1, 0.15) is 11.5 Å². The maximum Gasteiger partial charge on any atom is 0.307 e. The first-order valence-electron chi connectivity index (χ1n) is 10.9. The normalized spacial score (nSPS) is 10.7. The van der Waals surface area contributed by atoms with Gasteiger partial charge in [-0.15, -0.1) is 11.3 Å². The summed E-state index contributed by atoms with van der Waals surface area (Å²) in [5.41, 5.74) is 3.37. The van der Waals surface area contributed by atoms with Crippen molar-refractivity contribution >= 4 is 34.7 Å². The number of Topliss-reactive ketones (excluding diaryl/α,β-unsaturated/α-hetero) is 1. The average molecular weight is 491 g/mol. The zero-order valence-electron chi connectivity index (χ0n) is 18.4. The summed E-state index contributed by atoms with van der Waals surface area (Å²) in [4.78, 5) is 24.7. The molecule has 3 aromatic carbocycles. The van der Waals surface area contributed by atoms with E-state index in [1.54, 1.807) is 47.7 Å². The summed E-state index contributed by atoms with van der Waals surface area (Å²) in [7, 11) is 0. The monoisotopic (exact) mass is 490 g/mol. The molecule has 0 amide bonds. The summed E-state index contributed by atoms with van der Waals surface area (Å²) < 4.78 is 6.11. The minimum absolute atomic E-state index is 0.0481. The fourth-order valence-corrected chi connectivity index (χ4v) is 4.53. The summed E-state index contributed by atoms with van der Waals surface area (Å²) in [6.45, 7) is 0. The summed E-state index contributed by atoms with van der Waals surface area (Å²) in [6.07, 6.45) is 2.02. The van der Waals surface area contributed by atoms with E-state index in [4.69, 9.17) is 21.4 Å². The molecule has 172 valence electrons. The van der Waals surface area contributed by atoms with E-state index in [9.17, 15) is 9.59 Å². The van der Waals surface area contributed by atoms with Crippen LogP contribution in [0.5, 0.6) is 11.5 Å². The lowest BCUT2D eigenvalue weighted by atomic mass is 10.0. The number of rotatable bonds is 10. The first-order valence-corrected chi connectivity index (χ1v) is 12.2. The predicted octanol–water partition coefficient (Wildman–Crippen LogP) is 7.69. The fourth-order valence-electron chi connectivity index (χ4n) is 3.66. The molecule has 1 aromatic heterocycles. The molecular formula is C28H23ClO4S. The van der Waals surface area contributed by atoms with Gasteiger partial charge in [0.25, 0.3) is 0 Å². The zero-order chi connectivity index (χ0) is 23.9. The van der Waals surface area contributed by atoms with Gasteiger partial charge in [0, 0.05) is 27.4 Å². The molecule has 0 aliphatic heterocycles. The quantitative estimate of drug-likeness (QED) is 0.231. The van der Waals surface area contributed by atoms with E-state index in [2.05, 4.69) is 0 Å². The largest absolute Gasteiger partial charge is 0.481 e. The van der Waals surface area contributed by atoms with E-state index in [1.807, 2.05) is 47.8 Å². The number of carbonyl (C=O) groups excluding carboxylic acids is 1. The van der Waals surface area contributed by atoms with Crippen molar-refractivity contribution < 1.29 is 19.4 Å². The fraction of sp³-hybridized carbons (Fsp3) is 0.143. The predicted molar refractivity (Wildman–Crippen MR) is 136 cm³/mol. The number of ketones is 1. The average Bonchev–Trinajstić information content (AvgIpc) is 3.36. The Bertz CT molecular complexity index is 1260. The number of aliphatic carboxylic acids is 1. The lowest BCUT2D eigenvalue weighted by molar-refractivity contribution is -0.136. The Morgan fingerprint density at radius 3 is 2.32 bits per heavy atom. The number of aryl methyl sites for hydroxylation is 1. The van der Waals surface area contributed by atoms with Crippen LogP contribution in [-0.2, 0) is 17.6 Å². The van der Waals surface area contributed by atoms with Crippen LogP contribution < -0.4 is 4.74 Å². The molecule has 0 spiro atoms. The molecular weight excluding hydrogens is 468 g/mol. The number of carbonyl (C=O) groups is 2. The number of carboxylic acid groups (broad SMARTS) is 1. The van der Waals surface area contributed by atoms with Crippen LogP contribution in [0.1, 0.15) is 34.3 Å². The molecule has 0 saturated carbocycles. The molecule has 4 rings (SSSR count). The van der Waals surface area contributed by atoms with Gasteiger partial charge in [0.05, 0.1) is 6.42 Å². The van der Waals surface area contributed by atoms with Crippen molar-refractivity contribution in [2.45, 2.75) is 25.7 Å². The van der Waals surface area contributed by atoms with Gasteiger partial charge < -0.3 is 9.84 Å². The number of thiophene rings is 1. The lowest BCUT2D eigenvalue weighted by Gasteiger charge is -2.12. The Morgan fingerprint density at radius 1 is 0.912 bits per heavy atom. The third-order valence-corrected chi connectivity index (χ3v) is 6.53. The highest BCUT2D eigenvalue weighted by Crippen LogP contribution is 2.37. The van der Waals surface area contributed by atoms with Gasteiger partial charge >= 0.3 is 5.97 Å². The van der Waals surface area contributed by atoms with E-state index in [-0.39, 0.29) is 12.2 Å². The number of ether oxygens (including phenoxy) is 1. The minimum atomic E-state index is -0.876. The van der Waals surface area contributed by atoms with Crippen LogP contribution in [0.2, 0.25) is 5.02 Å². The van der Waals surface area contributed by atoms with Gasteiger partial charge in [-0.3, -0.25) is 9.59 Å². The van der Waals surface area contributed by atoms with Crippen molar-refractivity contribution in [1.29, 1.82) is 0 Å². The van der Waals surface area contributed by atoms with Gasteiger partial charge in [-0.2, -0.15) is 0 Å². The maximum atomic E-state index is 12.6. The molecule has 34 heavy (non-hydrogen) atoms. The van der Waals surface area contributed by atoms with E-state index >= 15 is 0 Å². The van der Waals surface area contributed by atoms with Crippen LogP contribution in [0.25, 0.3) is 10.4 Å². The maximum absolute atomic E-state index is 12.6. The summed E-state index contributed by atoms with van der Waals surface area (Å²) in [5, 5.41) is 11.8. The Hall–Kier alpha value is -3.41. The SMILES string of the molecule is O=C(O)Cc1ccc(Oc2ccc(C(=O)CCCc3ccc(Cl)cc3)cc2)c(-c2cccs2)c1. The molecule has 4 aromatic rings. The molecule has 4 nitrogen and oxygen atoms in total. The summed E-state index contributed by atoms with van der Waals surface area (Å²) >= 11 is 7.48. The summed E-state index contributed by atoms with van der Waals surface area (Å²) in [6, 6.07) is 24.2. The zero-order valence-corrected chi connectivity index (χ0v) is 19.9. The minimum Gasteiger partial charge on any atom is -0.481 e. The third kappa shape index (κ3) is 6.34. The highest BCUT2D eigenvalue weighted by Gasteiger charge is 2.12. The van der Waals surface area contributed by atoms with Crippen LogP contribution in [0.3, 0.4) is 0 Å². The van der Waals surface area contributed by atoms with Crippen molar-refractivity contribution in [2.75, 3.05) is 0 Å². The first kappa shape index (κ1) is 23.7. The Morgan fingerprint density at radius 2 is 1.65 bits per heavy atom. The number of carboxylic acids is 1. The van der Waals surface area contributed by atoms with E-state index in [0.717, 1.165) is 28.8 Å². The third-order valence-electron chi connectivity index (χ3n) is 5.37. The van der Waals surface area contributed by atoms with Crippen LogP contribution in [0.4, 0.5) is 0 Å². The van der Waals surface area contributed by atoms with Gasteiger partial charge in [0.2, 0.25) is 0 Å². The number of benzene rings is 3. The van der Waals surface area contributed by atoms with Gasteiger partial charge in [-0.1, -0.05) is 35.9 Å².